The van der Waals surface area contributed by atoms with E-state index in [4.69, 9.17) is 10.4 Å². The second-order valence-corrected chi connectivity index (χ2v) is 4.59. The minimum atomic E-state index is -1.01. The minimum Gasteiger partial charge on any atom is -0.476 e. The maximum Gasteiger partial charge on any atom is 0.355 e. The molecule has 0 aliphatic rings. The number of hydrogen-bond donors (Lipinski definition) is 2. The van der Waals surface area contributed by atoms with E-state index in [9.17, 15) is 4.79 Å². The largest absolute Gasteiger partial charge is 0.476 e. The van der Waals surface area contributed by atoms with Crippen LogP contribution in [0.3, 0.4) is 0 Å². The highest BCUT2D eigenvalue weighted by Crippen LogP contribution is 2.12. The molecule has 0 bridgehead atoms. The summed E-state index contributed by atoms with van der Waals surface area (Å²) in [5.41, 5.74) is 1.24. The summed E-state index contributed by atoms with van der Waals surface area (Å²) in [5.74, 6) is -1.01. The Morgan fingerprint density at radius 1 is 1.58 bits per heavy atom. The lowest BCUT2D eigenvalue weighted by Crippen LogP contribution is -2.05. The second-order valence-electron chi connectivity index (χ2n) is 3.65. The maximum absolute atomic E-state index is 10.7. The first-order chi connectivity index (χ1) is 9.19. The number of carboxylic acids is 1. The number of pyridine rings is 1. The van der Waals surface area contributed by atoms with Crippen LogP contribution < -0.4 is 5.32 Å². The Kier molecular flexibility index (Phi) is 4.05. The van der Waals surface area contributed by atoms with E-state index in [-0.39, 0.29) is 5.69 Å². The van der Waals surface area contributed by atoms with Crippen molar-refractivity contribution >= 4 is 23.0 Å². The number of nitrogens with one attached hydrogen (secondary N) is 1. The molecule has 2 aromatic rings. The number of hydrogen-bond acceptors (Lipinski definition) is 6. The Hall–Kier alpha value is -2.46. The zero-order valence-corrected chi connectivity index (χ0v) is 10.6. The van der Waals surface area contributed by atoms with Crippen LogP contribution >= 0.6 is 11.3 Å². The van der Waals surface area contributed by atoms with Crippen LogP contribution in [0.1, 0.15) is 21.2 Å². The van der Waals surface area contributed by atoms with E-state index >= 15 is 0 Å². The van der Waals surface area contributed by atoms with Crippen molar-refractivity contribution in [3.8, 4) is 6.07 Å². The second kappa shape index (κ2) is 5.93. The molecule has 0 aromatic carbocycles. The molecule has 2 aromatic heterocycles. The number of aromatic carboxylic acids is 1. The monoisotopic (exact) mass is 274 g/mol. The van der Waals surface area contributed by atoms with Gasteiger partial charge in [-0.15, -0.1) is 11.3 Å². The quantitative estimate of drug-likeness (QED) is 0.862. The molecule has 2 heterocycles. The highest BCUT2D eigenvalue weighted by atomic mass is 32.1. The predicted molar refractivity (Wildman–Crippen MR) is 70.2 cm³/mol. The van der Waals surface area contributed by atoms with Crippen molar-refractivity contribution in [3.05, 3.63) is 40.1 Å². The fourth-order valence-corrected chi connectivity index (χ4v) is 2.21. The Morgan fingerprint density at radius 3 is 3.11 bits per heavy atom. The summed E-state index contributed by atoms with van der Waals surface area (Å²) in [4.78, 5) is 18.5. The fourth-order valence-electron chi connectivity index (χ4n) is 1.44. The Labute approximate surface area is 113 Å². The summed E-state index contributed by atoms with van der Waals surface area (Å²) in [6, 6.07) is 5.39. The van der Waals surface area contributed by atoms with Gasteiger partial charge in [-0.1, -0.05) is 0 Å². The molecule has 0 saturated carbocycles. The van der Waals surface area contributed by atoms with Crippen LogP contribution in [0.15, 0.2) is 23.7 Å². The average molecular weight is 274 g/mol. The molecule has 0 atom stereocenters. The molecule has 7 heteroatoms. The van der Waals surface area contributed by atoms with Gasteiger partial charge in [0.1, 0.15) is 11.8 Å². The van der Waals surface area contributed by atoms with Gasteiger partial charge in [0, 0.05) is 30.2 Å². The molecule has 0 fully saturated rings. The van der Waals surface area contributed by atoms with Crippen LogP contribution in [-0.2, 0) is 6.42 Å². The number of nitriles is 1. The lowest BCUT2D eigenvalue weighted by atomic mass is 10.3. The van der Waals surface area contributed by atoms with Gasteiger partial charge in [-0.2, -0.15) is 5.26 Å². The zero-order chi connectivity index (χ0) is 13.7. The Balaban J connectivity index is 1.89. The van der Waals surface area contributed by atoms with Crippen molar-refractivity contribution < 1.29 is 9.90 Å². The van der Waals surface area contributed by atoms with Crippen LogP contribution in [-0.4, -0.2) is 27.6 Å². The molecule has 0 aliphatic heterocycles. The van der Waals surface area contributed by atoms with Crippen molar-refractivity contribution in [2.24, 2.45) is 0 Å². The van der Waals surface area contributed by atoms with Crippen molar-refractivity contribution in [1.29, 1.82) is 5.26 Å². The lowest BCUT2D eigenvalue weighted by Gasteiger charge is -2.04. The van der Waals surface area contributed by atoms with Gasteiger partial charge >= 0.3 is 5.97 Å². The summed E-state index contributed by atoms with van der Waals surface area (Å²) < 4.78 is 0. The van der Waals surface area contributed by atoms with Crippen LogP contribution in [0.25, 0.3) is 0 Å². The first kappa shape index (κ1) is 13.0. The topological polar surface area (TPSA) is 98.9 Å². The van der Waals surface area contributed by atoms with Gasteiger partial charge in [-0.3, -0.25) is 0 Å². The highest BCUT2D eigenvalue weighted by molar-refractivity contribution is 7.09. The van der Waals surface area contributed by atoms with Gasteiger partial charge in [0.2, 0.25) is 0 Å². The number of rotatable bonds is 5. The number of carbonyl (C=O) groups is 1. The lowest BCUT2D eigenvalue weighted by molar-refractivity contribution is 0.0691. The molecule has 96 valence electrons. The zero-order valence-electron chi connectivity index (χ0n) is 9.83. The van der Waals surface area contributed by atoms with Crippen molar-refractivity contribution in [2.45, 2.75) is 6.42 Å². The van der Waals surface area contributed by atoms with E-state index in [1.54, 1.807) is 18.3 Å². The van der Waals surface area contributed by atoms with Crippen LogP contribution in [0.4, 0.5) is 5.69 Å². The third-order valence-electron chi connectivity index (χ3n) is 2.31. The molecule has 2 rings (SSSR count). The van der Waals surface area contributed by atoms with E-state index in [1.807, 2.05) is 6.07 Å². The summed E-state index contributed by atoms with van der Waals surface area (Å²) in [5, 5.41) is 22.9. The summed E-state index contributed by atoms with van der Waals surface area (Å²) in [7, 11) is 0. The fraction of sp³-hybridized carbons (Fsp3) is 0.167. The van der Waals surface area contributed by atoms with E-state index in [2.05, 4.69) is 15.3 Å². The third kappa shape index (κ3) is 3.50. The van der Waals surface area contributed by atoms with Gasteiger partial charge in [0.05, 0.1) is 5.01 Å². The van der Waals surface area contributed by atoms with Crippen LogP contribution in [0.2, 0.25) is 0 Å². The van der Waals surface area contributed by atoms with E-state index in [0.717, 1.165) is 10.7 Å². The van der Waals surface area contributed by atoms with Gasteiger partial charge in [-0.05, 0) is 12.1 Å². The summed E-state index contributed by atoms with van der Waals surface area (Å²) >= 11 is 1.32. The standard InChI is InChI=1S/C12H10N4O2S/c13-6-9-5-8(1-3-15-9)14-4-2-11-16-10(7-19-11)12(17)18/h1,3,5,7H,2,4H2,(H,14,15)(H,17,18). The number of carboxylic acid groups (broad SMARTS) is 1. The Bertz CT molecular complexity index is 633. The maximum atomic E-state index is 10.7. The normalized spacial score (nSPS) is 9.84. The van der Waals surface area contributed by atoms with Crippen molar-refractivity contribution in [1.82, 2.24) is 9.97 Å². The van der Waals surface area contributed by atoms with Crippen LogP contribution in [0, 0.1) is 11.3 Å². The van der Waals surface area contributed by atoms with Crippen LogP contribution in [0.5, 0.6) is 0 Å². The number of nitrogens with zero attached hydrogens (tertiary/aromatic N) is 3. The molecular formula is C12H10N4O2S. The van der Waals surface area contributed by atoms with Gasteiger partial charge in [-0.25, -0.2) is 14.8 Å². The molecule has 0 aliphatic carbocycles. The smallest absolute Gasteiger partial charge is 0.355 e. The SMILES string of the molecule is N#Cc1cc(NCCc2nc(C(=O)O)cs2)ccn1. The molecule has 0 spiro atoms. The van der Waals surface area contributed by atoms with Crippen molar-refractivity contribution in [2.75, 3.05) is 11.9 Å². The summed E-state index contributed by atoms with van der Waals surface area (Å²) in [6.07, 6.45) is 2.19. The molecule has 19 heavy (non-hydrogen) atoms. The molecule has 0 amide bonds. The Morgan fingerprint density at radius 2 is 2.42 bits per heavy atom. The number of aromatic nitrogens is 2. The minimum absolute atomic E-state index is 0.0793. The first-order valence-electron chi connectivity index (χ1n) is 5.47. The molecule has 0 saturated heterocycles. The molecule has 2 N–H and O–H groups in total. The number of anilines is 1. The van der Waals surface area contributed by atoms with Gasteiger partial charge < -0.3 is 10.4 Å². The predicted octanol–water partition coefficient (Wildman–Crippen LogP) is 1.76. The molecule has 6 nitrogen and oxygen atoms in total. The van der Waals surface area contributed by atoms with E-state index < -0.39 is 5.97 Å². The average Bonchev–Trinajstić information content (AvgIpc) is 2.88. The highest BCUT2D eigenvalue weighted by Gasteiger charge is 2.08. The molecular weight excluding hydrogens is 264 g/mol. The molecule has 0 unspecified atom stereocenters. The van der Waals surface area contributed by atoms with Crippen molar-refractivity contribution in [3.63, 3.8) is 0 Å². The van der Waals surface area contributed by atoms with E-state index in [0.29, 0.717) is 18.7 Å². The molecule has 0 radical (unpaired) electrons. The van der Waals surface area contributed by atoms with Gasteiger partial charge in [0.25, 0.3) is 0 Å². The van der Waals surface area contributed by atoms with Gasteiger partial charge in [0.15, 0.2) is 5.69 Å². The third-order valence-corrected chi connectivity index (χ3v) is 3.22. The first-order valence-corrected chi connectivity index (χ1v) is 6.34. The summed E-state index contributed by atoms with van der Waals surface area (Å²) in [6.45, 7) is 0.613. The number of thiazole rings is 1. The van der Waals surface area contributed by atoms with E-state index in [1.165, 1.54) is 16.7 Å².